The minimum Gasteiger partial charge on any atom is -0.452 e. The smallest absolute Gasteiger partial charge is 0.417 e. The Labute approximate surface area is 144 Å². The number of hydrogen-bond acceptors (Lipinski definition) is 4. The van der Waals surface area contributed by atoms with Crippen molar-refractivity contribution in [2.45, 2.75) is 19.4 Å². The molecule has 0 spiro atoms. The number of nitrogens with zero attached hydrogens (tertiary/aromatic N) is 3. The molecule has 0 aromatic heterocycles. The lowest BCUT2D eigenvalue weighted by Crippen LogP contribution is -2.36. The highest BCUT2D eigenvalue weighted by atomic mass is 16.5. The molecule has 2 aliphatic rings. The fraction of sp³-hybridized carbons (Fsp3) is 0.211. The van der Waals surface area contributed by atoms with Crippen LogP contribution in [0.1, 0.15) is 25.1 Å². The van der Waals surface area contributed by atoms with Crippen LogP contribution in [0.25, 0.3) is 11.1 Å². The van der Waals surface area contributed by atoms with E-state index in [-0.39, 0.29) is 11.3 Å². The Hall–Kier alpha value is -3.33. The van der Waals surface area contributed by atoms with Gasteiger partial charge in [0.25, 0.3) is 5.56 Å². The van der Waals surface area contributed by atoms with Crippen LogP contribution in [-0.4, -0.2) is 22.3 Å². The van der Waals surface area contributed by atoms with Crippen LogP contribution in [0.3, 0.4) is 0 Å². The Morgan fingerprint density at radius 2 is 1.84 bits per heavy atom. The van der Waals surface area contributed by atoms with Crippen LogP contribution in [0.5, 0.6) is 0 Å². The Balaban J connectivity index is 2.31. The van der Waals surface area contributed by atoms with Crippen molar-refractivity contribution in [3.05, 3.63) is 70.4 Å². The normalized spacial score (nSPS) is 11.3. The quantitative estimate of drug-likeness (QED) is 0.721. The van der Waals surface area contributed by atoms with Crippen molar-refractivity contribution in [1.29, 1.82) is 5.26 Å². The molecule has 2 heterocycles. The topological polar surface area (TPSA) is 77.0 Å². The van der Waals surface area contributed by atoms with Gasteiger partial charge in [0.15, 0.2) is 0 Å². The molecule has 1 aromatic rings. The summed E-state index contributed by atoms with van der Waals surface area (Å²) in [6.45, 7) is 3.77. The van der Waals surface area contributed by atoms with E-state index in [1.807, 2.05) is 44.2 Å². The maximum atomic E-state index is 13.0. The molecule has 0 aliphatic carbocycles. The summed E-state index contributed by atoms with van der Waals surface area (Å²) in [6, 6.07) is 13.2. The monoisotopic (exact) mass is 335 g/mol. The SMILES string of the molecule is COC(=O)n1ccc2c(C#N)n(C(C)(C)c3ccccc3)c(=O)c-2c1. The van der Waals surface area contributed by atoms with Gasteiger partial charge in [-0.2, -0.15) is 5.26 Å². The minimum atomic E-state index is -0.724. The van der Waals surface area contributed by atoms with E-state index in [4.69, 9.17) is 0 Å². The zero-order chi connectivity index (χ0) is 18.2. The fourth-order valence-electron chi connectivity index (χ4n) is 3.05. The molecule has 0 unspecified atom stereocenters. The van der Waals surface area contributed by atoms with Crippen molar-refractivity contribution in [3.8, 4) is 17.2 Å². The average Bonchev–Trinajstić information content (AvgIpc) is 2.93. The van der Waals surface area contributed by atoms with E-state index in [0.29, 0.717) is 11.1 Å². The molecule has 0 fully saturated rings. The molecule has 0 bridgehead atoms. The van der Waals surface area contributed by atoms with Gasteiger partial charge in [0.1, 0.15) is 11.8 Å². The van der Waals surface area contributed by atoms with E-state index in [0.717, 1.165) is 5.56 Å². The molecule has 0 amide bonds. The highest BCUT2D eigenvalue weighted by molar-refractivity contribution is 5.76. The maximum absolute atomic E-state index is 13.0. The van der Waals surface area contributed by atoms with Crippen LogP contribution in [0.4, 0.5) is 4.79 Å². The molecule has 2 aliphatic heterocycles. The molecule has 1 aromatic carbocycles. The van der Waals surface area contributed by atoms with Crippen LogP contribution in [0, 0.1) is 11.3 Å². The summed E-state index contributed by atoms with van der Waals surface area (Å²) in [5.74, 6) is 0. The number of rotatable bonds is 2. The molecule has 0 N–H and O–H groups in total. The van der Waals surface area contributed by atoms with Crippen molar-refractivity contribution < 1.29 is 9.53 Å². The lowest BCUT2D eigenvalue weighted by Gasteiger charge is -2.27. The highest BCUT2D eigenvalue weighted by Crippen LogP contribution is 2.31. The van der Waals surface area contributed by atoms with Gasteiger partial charge in [0, 0.05) is 18.0 Å². The van der Waals surface area contributed by atoms with Gasteiger partial charge in [-0.05, 0) is 25.5 Å². The second kappa shape index (κ2) is 5.95. The van der Waals surface area contributed by atoms with E-state index >= 15 is 0 Å². The van der Waals surface area contributed by atoms with E-state index < -0.39 is 11.6 Å². The number of methoxy groups -OCH3 is 1. The van der Waals surface area contributed by atoms with E-state index in [2.05, 4.69) is 10.8 Å². The number of carbonyl (C=O) groups is 1. The van der Waals surface area contributed by atoms with Gasteiger partial charge >= 0.3 is 6.09 Å². The third-order valence-corrected chi connectivity index (χ3v) is 4.40. The molecular weight excluding hydrogens is 318 g/mol. The molecule has 6 heteroatoms. The Bertz CT molecular complexity index is 1010. The zero-order valence-electron chi connectivity index (χ0n) is 14.2. The third kappa shape index (κ3) is 2.50. The number of benzene rings is 1. The minimum absolute atomic E-state index is 0.269. The zero-order valence-corrected chi connectivity index (χ0v) is 14.2. The summed E-state index contributed by atoms with van der Waals surface area (Å²) in [5, 5.41) is 9.66. The number of nitriles is 1. The Morgan fingerprint density at radius 1 is 1.16 bits per heavy atom. The van der Waals surface area contributed by atoms with Crippen LogP contribution < -0.4 is 5.56 Å². The molecule has 0 radical (unpaired) electrons. The van der Waals surface area contributed by atoms with Gasteiger partial charge in [-0.1, -0.05) is 30.3 Å². The van der Waals surface area contributed by atoms with Crippen molar-refractivity contribution in [3.63, 3.8) is 0 Å². The second-order valence-electron chi connectivity index (χ2n) is 6.18. The molecule has 3 rings (SSSR count). The number of fused-ring (bicyclic) bond motifs is 1. The van der Waals surface area contributed by atoms with Crippen molar-refractivity contribution in [2.24, 2.45) is 0 Å². The second-order valence-corrected chi connectivity index (χ2v) is 6.18. The number of hydrogen-bond donors (Lipinski definition) is 0. The van der Waals surface area contributed by atoms with Crippen molar-refractivity contribution >= 4 is 6.09 Å². The standard InChI is InChI=1S/C19H17N3O3/c1-19(2,13-7-5-4-6-8-13)22-16(11-20)14-9-10-21(18(24)25-3)12-15(14)17(22)23/h4-10,12H,1-3H3. The van der Waals surface area contributed by atoms with E-state index in [1.165, 1.54) is 28.6 Å². The Kier molecular flexibility index (Phi) is 3.93. The number of carbonyl (C=O) groups excluding carboxylic acids is 1. The molecule has 6 nitrogen and oxygen atoms in total. The van der Waals surface area contributed by atoms with Gasteiger partial charge in [-0.3, -0.25) is 13.9 Å². The van der Waals surface area contributed by atoms with Crippen molar-refractivity contribution in [2.75, 3.05) is 7.11 Å². The van der Waals surface area contributed by atoms with Gasteiger partial charge < -0.3 is 4.74 Å². The largest absolute Gasteiger partial charge is 0.452 e. The number of aromatic nitrogens is 2. The molecular formula is C19H17N3O3. The summed E-state index contributed by atoms with van der Waals surface area (Å²) in [5.41, 5.74) is 0.942. The molecule has 126 valence electrons. The predicted octanol–water partition coefficient (Wildman–Crippen LogP) is 3.02. The van der Waals surface area contributed by atoms with E-state index in [9.17, 15) is 14.9 Å². The Morgan fingerprint density at radius 3 is 2.44 bits per heavy atom. The lowest BCUT2D eigenvalue weighted by molar-refractivity contribution is 0.172. The number of ether oxygens (including phenoxy) is 1. The molecule has 25 heavy (non-hydrogen) atoms. The summed E-state index contributed by atoms with van der Waals surface area (Å²) in [6.07, 6.45) is 2.28. The first-order valence-corrected chi connectivity index (χ1v) is 7.73. The highest BCUT2D eigenvalue weighted by Gasteiger charge is 2.32. The van der Waals surface area contributed by atoms with Crippen molar-refractivity contribution in [1.82, 2.24) is 9.13 Å². The van der Waals surface area contributed by atoms with Crippen LogP contribution in [0.15, 0.2) is 53.6 Å². The predicted molar refractivity (Wildman–Crippen MR) is 92.7 cm³/mol. The third-order valence-electron chi connectivity index (χ3n) is 4.40. The molecule has 0 saturated heterocycles. The van der Waals surface area contributed by atoms with Crippen LogP contribution in [0.2, 0.25) is 0 Å². The summed E-state index contributed by atoms with van der Waals surface area (Å²) in [7, 11) is 1.27. The molecule has 0 atom stereocenters. The first-order chi connectivity index (χ1) is 11.9. The summed E-state index contributed by atoms with van der Waals surface area (Å²) in [4.78, 5) is 24.8. The van der Waals surface area contributed by atoms with Crippen LogP contribution in [-0.2, 0) is 10.3 Å². The number of pyridine rings is 1. The summed E-state index contributed by atoms with van der Waals surface area (Å²) < 4.78 is 7.34. The van der Waals surface area contributed by atoms with Gasteiger partial charge in [0.05, 0.1) is 18.2 Å². The van der Waals surface area contributed by atoms with Gasteiger partial charge in [-0.25, -0.2) is 4.79 Å². The van der Waals surface area contributed by atoms with Crippen LogP contribution >= 0.6 is 0 Å². The first kappa shape index (κ1) is 16.5. The van der Waals surface area contributed by atoms with Gasteiger partial charge in [-0.15, -0.1) is 0 Å². The summed E-state index contributed by atoms with van der Waals surface area (Å²) >= 11 is 0. The first-order valence-electron chi connectivity index (χ1n) is 7.73. The maximum Gasteiger partial charge on any atom is 0.417 e. The van der Waals surface area contributed by atoms with Gasteiger partial charge in [0.2, 0.25) is 0 Å². The average molecular weight is 335 g/mol. The molecule has 0 saturated carbocycles. The van der Waals surface area contributed by atoms with E-state index in [1.54, 1.807) is 6.07 Å². The lowest BCUT2D eigenvalue weighted by atomic mass is 9.94. The fourth-order valence-corrected chi connectivity index (χ4v) is 3.05.